The lowest BCUT2D eigenvalue weighted by molar-refractivity contribution is 0.433. The summed E-state index contributed by atoms with van der Waals surface area (Å²) >= 11 is 5.40. The molecule has 0 saturated heterocycles. The predicted octanol–water partition coefficient (Wildman–Crippen LogP) is 7.58. The van der Waals surface area contributed by atoms with Crippen molar-refractivity contribution in [1.29, 1.82) is 0 Å². The maximum Gasteiger partial charge on any atom is 0.0901 e. The van der Waals surface area contributed by atoms with E-state index in [1.807, 2.05) is 51.1 Å². The molecule has 0 aromatic heterocycles. The van der Waals surface area contributed by atoms with Crippen molar-refractivity contribution in [2.24, 2.45) is 15.4 Å². The van der Waals surface area contributed by atoms with Crippen LogP contribution in [0.15, 0.2) is 70.6 Å². The average Bonchev–Trinajstić information content (AvgIpc) is 2.64. The zero-order valence-electron chi connectivity index (χ0n) is 18.9. The van der Waals surface area contributed by atoms with Gasteiger partial charge in [-0.2, -0.15) is 0 Å². The molecule has 0 aliphatic carbocycles. The van der Waals surface area contributed by atoms with E-state index in [2.05, 4.69) is 67.1 Å². The van der Waals surface area contributed by atoms with Gasteiger partial charge in [0.05, 0.1) is 18.1 Å². The molecule has 0 spiro atoms. The van der Waals surface area contributed by atoms with Gasteiger partial charge >= 0.3 is 0 Å². The van der Waals surface area contributed by atoms with E-state index in [0.29, 0.717) is 12.0 Å². The van der Waals surface area contributed by atoms with Gasteiger partial charge in [0.2, 0.25) is 0 Å². The van der Waals surface area contributed by atoms with Crippen LogP contribution in [-0.2, 0) is 13.0 Å². The van der Waals surface area contributed by atoms with Gasteiger partial charge < -0.3 is 0 Å². The SMILES string of the molecule is CC(C)(C)CC(=S)CCc1ccccc1.CC(C)(C)N=C=NCc1ccccc1. The number of aryl methyl sites for hydroxylation is 1. The Morgan fingerprint density at radius 2 is 1.34 bits per heavy atom. The summed E-state index contributed by atoms with van der Waals surface area (Å²) in [5.41, 5.74) is 2.81. The summed E-state index contributed by atoms with van der Waals surface area (Å²) in [4.78, 5) is 9.47. The molecule has 0 atom stereocenters. The minimum Gasteiger partial charge on any atom is -0.221 e. The van der Waals surface area contributed by atoms with Crippen molar-refractivity contribution in [3.63, 3.8) is 0 Å². The minimum atomic E-state index is -0.0831. The third kappa shape index (κ3) is 14.5. The van der Waals surface area contributed by atoms with Gasteiger partial charge in [-0.05, 0) is 61.4 Å². The zero-order valence-corrected chi connectivity index (χ0v) is 19.7. The Labute approximate surface area is 183 Å². The largest absolute Gasteiger partial charge is 0.221 e. The molecule has 0 radical (unpaired) electrons. The zero-order chi connectivity index (χ0) is 21.8. The number of thiocarbonyl (C=S) groups is 1. The lowest BCUT2D eigenvalue weighted by Gasteiger charge is -2.18. The summed E-state index contributed by atoms with van der Waals surface area (Å²) in [5, 5.41) is 0. The number of hydrogen-bond donors (Lipinski definition) is 0. The molecule has 29 heavy (non-hydrogen) atoms. The Kier molecular flexibility index (Phi) is 10.7. The highest BCUT2D eigenvalue weighted by atomic mass is 32.1. The van der Waals surface area contributed by atoms with Crippen molar-refractivity contribution >= 4 is 23.1 Å². The molecule has 0 bridgehead atoms. The van der Waals surface area contributed by atoms with Crippen molar-refractivity contribution in [3.8, 4) is 0 Å². The van der Waals surface area contributed by atoms with Gasteiger partial charge in [0, 0.05) is 0 Å². The summed E-state index contributed by atoms with van der Waals surface area (Å²) in [6.45, 7) is 13.4. The Hall–Kier alpha value is -2.09. The molecule has 156 valence electrons. The maximum absolute atomic E-state index is 5.40. The van der Waals surface area contributed by atoms with E-state index in [1.54, 1.807) is 0 Å². The van der Waals surface area contributed by atoms with Crippen LogP contribution in [0, 0.1) is 5.41 Å². The number of rotatable bonds is 6. The Bertz CT molecular complexity index is 775. The Morgan fingerprint density at radius 3 is 1.83 bits per heavy atom. The molecular formula is C26H36N2S. The van der Waals surface area contributed by atoms with Gasteiger partial charge in [0.1, 0.15) is 0 Å². The van der Waals surface area contributed by atoms with Gasteiger partial charge in [-0.1, -0.05) is 93.7 Å². The van der Waals surface area contributed by atoms with E-state index in [9.17, 15) is 0 Å². The quantitative estimate of drug-likeness (QED) is 0.357. The highest BCUT2D eigenvalue weighted by Gasteiger charge is 2.12. The van der Waals surface area contributed by atoms with E-state index >= 15 is 0 Å². The lowest BCUT2D eigenvalue weighted by atomic mass is 9.89. The molecule has 2 aromatic carbocycles. The number of aliphatic imine (C=N–C) groups is 2. The summed E-state index contributed by atoms with van der Waals surface area (Å²) in [5.74, 6) is 0. The molecule has 0 amide bonds. The van der Waals surface area contributed by atoms with E-state index in [0.717, 1.165) is 19.3 Å². The first-order chi connectivity index (χ1) is 13.6. The van der Waals surface area contributed by atoms with Crippen LogP contribution in [0.3, 0.4) is 0 Å². The standard InChI is InChI=1S/C14H20S.C12H16N2/c1-14(2,3)11-13(15)10-9-12-7-5-4-6-8-12;1-12(2,3)14-10-13-9-11-7-5-4-6-8-11/h4-8H,9-11H2,1-3H3;4-8H,9H2,1-3H3. The Balaban J connectivity index is 0.000000291. The highest BCUT2D eigenvalue weighted by molar-refractivity contribution is 7.80. The smallest absolute Gasteiger partial charge is 0.0901 e. The lowest BCUT2D eigenvalue weighted by Crippen LogP contribution is -2.11. The topological polar surface area (TPSA) is 24.7 Å². The normalized spacial score (nSPS) is 11.0. The molecule has 0 aliphatic heterocycles. The van der Waals surface area contributed by atoms with Gasteiger partial charge in [-0.25, -0.2) is 9.98 Å². The molecule has 0 fully saturated rings. The van der Waals surface area contributed by atoms with Crippen LogP contribution >= 0.6 is 12.2 Å². The number of nitrogens with zero attached hydrogens (tertiary/aromatic N) is 2. The number of hydrogen-bond acceptors (Lipinski definition) is 3. The molecule has 2 nitrogen and oxygen atoms in total. The fourth-order valence-corrected chi connectivity index (χ4v) is 3.04. The molecule has 2 rings (SSSR count). The van der Waals surface area contributed by atoms with Crippen LogP contribution in [0.5, 0.6) is 0 Å². The second-order valence-electron chi connectivity index (χ2n) is 9.45. The molecule has 0 N–H and O–H groups in total. The van der Waals surface area contributed by atoms with E-state index < -0.39 is 0 Å². The van der Waals surface area contributed by atoms with Crippen LogP contribution in [0.1, 0.15) is 65.5 Å². The average molecular weight is 409 g/mol. The fraction of sp³-hybridized carbons (Fsp3) is 0.462. The molecule has 2 aromatic rings. The Morgan fingerprint density at radius 1 is 0.828 bits per heavy atom. The summed E-state index contributed by atoms with van der Waals surface area (Å²) in [6.07, 6.45) is 3.17. The van der Waals surface area contributed by atoms with Crippen molar-refractivity contribution < 1.29 is 0 Å². The molecule has 0 aliphatic rings. The van der Waals surface area contributed by atoms with E-state index in [1.165, 1.54) is 16.0 Å². The second kappa shape index (κ2) is 12.5. The molecular weight excluding hydrogens is 372 g/mol. The monoisotopic (exact) mass is 408 g/mol. The van der Waals surface area contributed by atoms with Crippen molar-refractivity contribution in [2.75, 3.05) is 0 Å². The van der Waals surface area contributed by atoms with Crippen molar-refractivity contribution in [2.45, 2.75) is 72.9 Å². The summed E-state index contributed by atoms with van der Waals surface area (Å²) < 4.78 is 0. The van der Waals surface area contributed by atoms with Crippen molar-refractivity contribution in [3.05, 3.63) is 71.8 Å². The number of benzene rings is 2. The van der Waals surface area contributed by atoms with Gasteiger partial charge in [0.15, 0.2) is 0 Å². The van der Waals surface area contributed by atoms with Gasteiger partial charge in [-0.15, -0.1) is 0 Å². The van der Waals surface area contributed by atoms with Crippen molar-refractivity contribution in [1.82, 2.24) is 0 Å². The molecule has 0 heterocycles. The fourth-order valence-electron chi connectivity index (χ4n) is 2.50. The van der Waals surface area contributed by atoms with E-state index in [4.69, 9.17) is 12.2 Å². The van der Waals surface area contributed by atoms with Crippen LogP contribution < -0.4 is 0 Å². The summed E-state index contributed by atoms with van der Waals surface area (Å²) in [7, 11) is 0. The molecule has 0 saturated carbocycles. The first-order valence-corrected chi connectivity index (χ1v) is 10.7. The van der Waals surface area contributed by atoms with Crippen LogP contribution in [0.25, 0.3) is 0 Å². The van der Waals surface area contributed by atoms with Gasteiger partial charge in [-0.3, -0.25) is 0 Å². The third-order valence-electron chi connectivity index (χ3n) is 3.82. The highest BCUT2D eigenvalue weighted by Crippen LogP contribution is 2.21. The van der Waals surface area contributed by atoms with Crippen LogP contribution in [-0.4, -0.2) is 16.4 Å². The first kappa shape index (κ1) is 24.9. The first-order valence-electron chi connectivity index (χ1n) is 10.3. The van der Waals surface area contributed by atoms with Gasteiger partial charge in [0.25, 0.3) is 0 Å². The molecule has 3 heteroatoms. The van der Waals surface area contributed by atoms with Crippen LogP contribution in [0.4, 0.5) is 0 Å². The molecule has 0 unspecified atom stereocenters. The minimum absolute atomic E-state index is 0.0831. The van der Waals surface area contributed by atoms with E-state index in [-0.39, 0.29) is 5.54 Å². The van der Waals surface area contributed by atoms with Crippen LogP contribution in [0.2, 0.25) is 0 Å². The maximum atomic E-state index is 5.40. The third-order valence-corrected chi connectivity index (χ3v) is 4.17. The predicted molar refractivity (Wildman–Crippen MR) is 131 cm³/mol. The second-order valence-corrected chi connectivity index (χ2v) is 10.0. The summed E-state index contributed by atoms with van der Waals surface area (Å²) in [6, 6.07) is 23.4.